The molecule has 0 fully saturated rings. The minimum absolute atomic E-state index is 0.0369. The fourth-order valence-electron chi connectivity index (χ4n) is 2.72. The number of benzene rings is 1. The summed E-state index contributed by atoms with van der Waals surface area (Å²) in [4.78, 5) is 23.6. The number of halogens is 1. The molecule has 0 spiro atoms. The van der Waals surface area contributed by atoms with Crippen molar-refractivity contribution < 1.29 is 22.7 Å². The number of aromatic nitrogens is 1. The first-order valence-electron chi connectivity index (χ1n) is 8.23. The summed E-state index contributed by atoms with van der Waals surface area (Å²) in [5, 5.41) is 2.96. The number of nitrogens with one attached hydrogen (secondary N) is 1. The molecule has 1 aromatic carbocycles. The van der Waals surface area contributed by atoms with Crippen molar-refractivity contribution in [2.45, 2.75) is 44.0 Å². The Morgan fingerprint density at radius 1 is 1.19 bits per heavy atom. The lowest BCUT2D eigenvalue weighted by Crippen LogP contribution is -2.19. The smallest absolute Gasteiger partial charge is 0.326 e. The highest BCUT2D eigenvalue weighted by Gasteiger charge is 2.30. The van der Waals surface area contributed by atoms with Gasteiger partial charge in [-0.25, -0.2) is 8.42 Å². The van der Waals surface area contributed by atoms with Crippen LogP contribution in [-0.4, -0.2) is 31.5 Å². The molecule has 0 aliphatic carbocycles. The van der Waals surface area contributed by atoms with Crippen LogP contribution in [0.25, 0.3) is 0 Å². The van der Waals surface area contributed by atoms with Crippen LogP contribution in [0.15, 0.2) is 34.1 Å². The van der Waals surface area contributed by atoms with Gasteiger partial charge in [0, 0.05) is 17.6 Å². The van der Waals surface area contributed by atoms with Crippen molar-refractivity contribution in [2.24, 2.45) is 0 Å². The maximum absolute atomic E-state index is 13.2. The molecule has 0 bridgehead atoms. The van der Waals surface area contributed by atoms with Crippen LogP contribution in [0.2, 0.25) is 5.02 Å². The fraction of sp³-hybridized carbons (Fsp3) is 0.333. The molecule has 1 amide bonds. The summed E-state index contributed by atoms with van der Waals surface area (Å²) in [5.74, 6) is -0.941. The molecular formula is C18H21ClN2O5S. The van der Waals surface area contributed by atoms with Crippen molar-refractivity contribution in [2.75, 3.05) is 11.9 Å². The van der Waals surface area contributed by atoms with Crippen molar-refractivity contribution in [1.82, 2.24) is 4.57 Å². The Kier molecular flexibility index (Phi) is 6.33. The third kappa shape index (κ3) is 4.33. The molecule has 0 saturated heterocycles. The van der Waals surface area contributed by atoms with Gasteiger partial charge in [0.25, 0.3) is 0 Å². The monoisotopic (exact) mass is 412 g/mol. The van der Waals surface area contributed by atoms with Crippen LogP contribution in [0.1, 0.15) is 25.1 Å². The number of amides is 1. The molecule has 2 rings (SSSR count). The summed E-state index contributed by atoms with van der Waals surface area (Å²) in [5.41, 5.74) is 0.984. The van der Waals surface area contributed by atoms with E-state index in [0.29, 0.717) is 16.3 Å². The summed E-state index contributed by atoms with van der Waals surface area (Å²) < 4.78 is 32.8. The number of esters is 1. The van der Waals surface area contributed by atoms with Gasteiger partial charge in [-0.3, -0.25) is 9.59 Å². The van der Waals surface area contributed by atoms with Gasteiger partial charge in [0.2, 0.25) is 15.7 Å². The zero-order chi connectivity index (χ0) is 20.4. The van der Waals surface area contributed by atoms with Gasteiger partial charge in [0.05, 0.1) is 11.5 Å². The Bertz CT molecular complexity index is 978. The van der Waals surface area contributed by atoms with E-state index in [1.165, 1.54) is 35.8 Å². The quantitative estimate of drug-likeness (QED) is 0.735. The summed E-state index contributed by atoms with van der Waals surface area (Å²) in [6, 6.07) is 5.74. The van der Waals surface area contributed by atoms with E-state index < -0.39 is 21.7 Å². The lowest BCUT2D eigenvalue weighted by molar-refractivity contribution is -0.143. The predicted molar refractivity (Wildman–Crippen MR) is 102 cm³/mol. The van der Waals surface area contributed by atoms with Crippen molar-refractivity contribution in [3.63, 3.8) is 0 Å². The highest BCUT2D eigenvalue weighted by molar-refractivity contribution is 7.91. The number of hydrogen-bond donors (Lipinski definition) is 1. The molecule has 0 aliphatic rings. The van der Waals surface area contributed by atoms with E-state index in [4.69, 9.17) is 16.3 Å². The van der Waals surface area contributed by atoms with E-state index in [1.807, 2.05) is 0 Å². The number of rotatable bonds is 6. The largest absolute Gasteiger partial charge is 0.465 e. The molecule has 1 aromatic heterocycles. The second kappa shape index (κ2) is 8.14. The van der Waals surface area contributed by atoms with Crippen LogP contribution >= 0.6 is 11.6 Å². The zero-order valence-corrected chi connectivity index (χ0v) is 17.1. The van der Waals surface area contributed by atoms with Crippen molar-refractivity contribution in [1.29, 1.82) is 0 Å². The SMILES string of the molecule is CCOC(=O)Cn1c(C)c(C)c(S(=O)(=O)c2ccc(Cl)cc2)c1NC(C)=O. The summed E-state index contributed by atoms with van der Waals surface area (Å²) in [6.07, 6.45) is 0. The van der Waals surface area contributed by atoms with Crippen molar-refractivity contribution in [3.05, 3.63) is 40.5 Å². The molecule has 9 heteroatoms. The molecule has 27 heavy (non-hydrogen) atoms. The van der Waals surface area contributed by atoms with Gasteiger partial charge in [0.1, 0.15) is 17.3 Å². The number of anilines is 1. The zero-order valence-electron chi connectivity index (χ0n) is 15.5. The van der Waals surface area contributed by atoms with Crippen LogP contribution < -0.4 is 5.32 Å². The topological polar surface area (TPSA) is 94.5 Å². The lowest BCUT2D eigenvalue weighted by atomic mass is 10.3. The number of sulfone groups is 1. The summed E-state index contributed by atoms with van der Waals surface area (Å²) in [7, 11) is -3.96. The van der Waals surface area contributed by atoms with Gasteiger partial charge < -0.3 is 14.6 Å². The van der Waals surface area contributed by atoms with E-state index in [2.05, 4.69) is 5.32 Å². The fourth-order valence-corrected chi connectivity index (χ4v) is 4.54. The van der Waals surface area contributed by atoms with E-state index in [9.17, 15) is 18.0 Å². The van der Waals surface area contributed by atoms with E-state index in [-0.39, 0.29) is 28.8 Å². The molecule has 0 atom stereocenters. The normalized spacial score (nSPS) is 11.3. The molecule has 0 unspecified atom stereocenters. The van der Waals surface area contributed by atoms with Gasteiger partial charge in [-0.05, 0) is 50.6 Å². The lowest BCUT2D eigenvalue weighted by Gasteiger charge is -2.13. The number of ether oxygens (including phenoxy) is 1. The maximum atomic E-state index is 13.2. The minimum atomic E-state index is -3.96. The Balaban J connectivity index is 2.69. The first-order chi connectivity index (χ1) is 12.6. The molecule has 2 aromatic rings. The summed E-state index contributed by atoms with van der Waals surface area (Å²) >= 11 is 5.85. The van der Waals surface area contributed by atoms with Crippen LogP contribution in [0, 0.1) is 13.8 Å². The van der Waals surface area contributed by atoms with Crippen LogP contribution in [0.3, 0.4) is 0 Å². The predicted octanol–water partition coefficient (Wildman–Crippen LogP) is 3.11. The van der Waals surface area contributed by atoms with E-state index >= 15 is 0 Å². The van der Waals surface area contributed by atoms with Gasteiger partial charge in [-0.1, -0.05) is 11.6 Å². The molecule has 0 aliphatic heterocycles. The van der Waals surface area contributed by atoms with Gasteiger partial charge in [-0.15, -0.1) is 0 Å². The standard InChI is InChI=1S/C18H21ClN2O5S/c1-5-26-16(23)10-21-12(3)11(2)17(18(21)20-13(4)22)27(24,25)15-8-6-14(19)7-9-15/h6-9H,5,10H2,1-4H3,(H,20,22). The number of nitrogens with zero attached hydrogens (tertiary/aromatic N) is 1. The molecule has 1 heterocycles. The van der Waals surface area contributed by atoms with Crippen molar-refractivity contribution in [3.8, 4) is 0 Å². The molecule has 7 nitrogen and oxygen atoms in total. The van der Waals surface area contributed by atoms with Gasteiger partial charge in [0.15, 0.2) is 0 Å². The second-order valence-electron chi connectivity index (χ2n) is 5.92. The van der Waals surface area contributed by atoms with Crippen molar-refractivity contribution >= 4 is 39.1 Å². The molecule has 0 saturated carbocycles. The Labute approximate surface area is 163 Å². The third-order valence-electron chi connectivity index (χ3n) is 4.05. The molecule has 146 valence electrons. The van der Waals surface area contributed by atoms with E-state index in [1.54, 1.807) is 20.8 Å². The minimum Gasteiger partial charge on any atom is -0.465 e. The highest BCUT2D eigenvalue weighted by Crippen LogP contribution is 2.35. The Hall–Kier alpha value is -2.32. The second-order valence-corrected chi connectivity index (χ2v) is 8.24. The van der Waals surface area contributed by atoms with Gasteiger partial charge >= 0.3 is 5.97 Å². The highest BCUT2D eigenvalue weighted by atomic mass is 35.5. The molecule has 1 N–H and O–H groups in total. The Morgan fingerprint density at radius 2 is 1.78 bits per heavy atom. The maximum Gasteiger partial charge on any atom is 0.326 e. The molecule has 0 radical (unpaired) electrons. The first-order valence-corrected chi connectivity index (χ1v) is 10.1. The number of hydrogen-bond acceptors (Lipinski definition) is 5. The van der Waals surface area contributed by atoms with Crippen LogP contribution in [-0.2, 0) is 30.7 Å². The first kappa shape index (κ1) is 21.0. The average Bonchev–Trinajstić information content (AvgIpc) is 2.80. The summed E-state index contributed by atoms with van der Waals surface area (Å²) in [6.45, 7) is 6.24. The molecular weight excluding hydrogens is 392 g/mol. The van der Waals surface area contributed by atoms with E-state index in [0.717, 1.165) is 0 Å². The number of carbonyl (C=O) groups excluding carboxylic acids is 2. The average molecular weight is 413 g/mol. The Morgan fingerprint density at radius 3 is 2.30 bits per heavy atom. The van der Waals surface area contributed by atoms with Gasteiger partial charge in [-0.2, -0.15) is 0 Å². The third-order valence-corrected chi connectivity index (χ3v) is 6.23. The van der Waals surface area contributed by atoms with Crippen LogP contribution in [0.5, 0.6) is 0 Å². The number of carbonyl (C=O) groups is 2. The van der Waals surface area contributed by atoms with Crippen LogP contribution in [0.4, 0.5) is 5.82 Å².